The summed E-state index contributed by atoms with van der Waals surface area (Å²) in [6, 6.07) is 16.0. The number of ether oxygens (including phenoxy) is 2. The van der Waals surface area contributed by atoms with Crippen LogP contribution < -0.4 is 9.64 Å². The lowest BCUT2D eigenvalue weighted by Crippen LogP contribution is -2.43. The average molecular weight is 458 g/mol. The molecule has 4 rings (SSSR count). The van der Waals surface area contributed by atoms with Crippen LogP contribution in [0.3, 0.4) is 0 Å². The number of amides is 1. The van der Waals surface area contributed by atoms with E-state index in [4.69, 9.17) is 14.5 Å². The normalized spacial score (nSPS) is 14.6. The van der Waals surface area contributed by atoms with Gasteiger partial charge < -0.3 is 9.47 Å². The Kier molecular flexibility index (Phi) is 7.80. The predicted molar refractivity (Wildman–Crippen MR) is 128 cm³/mol. The summed E-state index contributed by atoms with van der Waals surface area (Å²) in [6.07, 6.45) is 0. The molecule has 6 nitrogen and oxygen atoms in total. The van der Waals surface area contributed by atoms with Gasteiger partial charge in [-0.05, 0) is 31.2 Å². The third-order valence-corrected chi connectivity index (χ3v) is 7.09. The molecule has 0 radical (unpaired) electrons. The molecule has 3 aromatic rings. The average Bonchev–Trinajstić information content (AvgIpc) is 3.24. The van der Waals surface area contributed by atoms with E-state index in [0.29, 0.717) is 18.9 Å². The maximum atomic E-state index is 13.3. The van der Waals surface area contributed by atoms with Gasteiger partial charge in [0.1, 0.15) is 11.3 Å². The molecule has 164 valence electrons. The van der Waals surface area contributed by atoms with Crippen LogP contribution in [0.15, 0.2) is 53.4 Å². The molecule has 1 aliphatic rings. The van der Waals surface area contributed by atoms with Gasteiger partial charge in [-0.3, -0.25) is 14.6 Å². The highest BCUT2D eigenvalue weighted by Gasteiger charge is 2.22. The van der Waals surface area contributed by atoms with Crippen LogP contribution in [0.4, 0.5) is 5.13 Å². The van der Waals surface area contributed by atoms with Crippen LogP contribution >= 0.6 is 23.1 Å². The minimum atomic E-state index is 0.0686. The molecule has 2 aromatic carbocycles. The third-order valence-electron chi connectivity index (χ3n) is 5.05. The van der Waals surface area contributed by atoms with Crippen LogP contribution in [-0.2, 0) is 9.53 Å². The zero-order valence-electron chi connectivity index (χ0n) is 17.7. The largest absolute Gasteiger partial charge is 0.492 e. The summed E-state index contributed by atoms with van der Waals surface area (Å²) < 4.78 is 12.2. The molecule has 1 aliphatic heterocycles. The highest BCUT2D eigenvalue weighted by atomic mass is 32.2. The van der Waals surface area contributed by atoms with Gasteiger partial charge in [0.25, 0.3) is 0 Å². The van der Waals surface area contributed by atoms with Crippen molar-refractivity contribution in [3.63, 3.8) is 0 Å². The van der Waals surface area contributed by atoms with Crippen LogP contribution in [0.1, 0.15) is 6.92 Å². The Hall–Kier alpha value is -2.13. The number of hydrogen-bond acceptors (Lipinski definition) is 7. The van der Waals surface area contributed by atoms with Crippen LogP contribution in [0.5, 0.6) is 5.75 Å². The number of carbonyl (C=O) groups excluding carboxylic acids is 1. The van der Waals surface area contributed by atoms with Gasteiger partial charge in [0.2, 0.25) is 5.91 Å². The molecule has 31 heavy (non-hydrogen) atoms. The number of hydrogen-bond donors (Lipinski definition) is 0. The Morgan fingerprint density at radius 2 is 2.00 bits per heavy atom. The first kappa shape index (κ1) is 22.1. The lowest BCUT2D eigenvalue weighted by Gasteiger charge is -2.29. The SMILES string of the molecule is CCOc1cccc2sc(N(CCN3CCOCC3)C(=O)CSc3ccccc3)nc12. The number of aromatic nitrogens is 1. The Balaban J connectivity index is 1.54. The molecule has 0 unspecified atom stereocenters. The number of nitrogens with zero attached hydrogens (tertiary/aromatic N) is 3. The lowest BCUT2D eigenvalue weighted by molar-refractivity contribution is -0.116. The summed E-state index contributed by atoms with van der Waals surface area (Å²) in [6.45, 7) is 7.25. The quantitative estimate of drug-likeness (QED) is 0.450. The van der Waals surface area contributed by atoms with Crippen molar-refractivity contribution in [1.82, 2.24) is 9.88 Å². The zero-order valence-corrected chi connectivity index (χ0v) is 19.3. The van der Waals surface area contributed by atoms with Gasteiger partial charge in [-0.25, -0.2) is 4.98 Å². The molecule has 1 aromatic heterocycles. The Labute approximate surface area is 191 Å². The van der Waals surface area contributed by atoms with E-state index in [1.54, 1.807) is 23.1 Å². The van der Waals surface area contributed by atoms with E-state index < -0.39 is 0 Å². The van der Waals surface area contributed by atoms with E-state index in [1.807, 2.05) is 60.4 Å². The summed E-state index contributed by atoms with van der Waals surface area (Å²) in [5.41, 5.74) is 0.823. The number of carbonyl (C=O) groups is 1. The summed E-state index contributed by atoms with van der Waals surface area (Å²) in [5.74, 6) is 1.21. The van der Waals surface area contributed by atoms with Gasteiger partial charge in [0.05, 0.1) is 30.3 Å². The van der Waals surface area contributed by atoms with Crippen molar-refractivity contribution in [3.05, 3.63) is 48.5 Å². The zero-order chi connectivity index (χ0) is 21.5. The molecule has 8 heteroatoms. The van der Waals surface area contributed by atoms with Gasteiger partial charge in [-0.1, -0.05) is 35.6 Å². The summed E-state index contributed by atoms with van der Waals surface area (Å²) in [5, 5.41) is 0.731. The number of thiazole rings is 1. The molecule has 0 N–H and O–H groups in total. The fraction of sp³-hybridized carbons (Fsp3) is 0.391. The summed E-state index contributed by atoms with van der Waals surface area (Å²) >= 11 is 3.10. The maximum absolute atomic E-state index is 13.3. The highest BCUT2D eigenvalue weighted by molar-refractivity contribution is 8.00. The smallest absolute Gasteiger partial charge is 0.239 e. The van der Waals surface area contributed by atoms with Crippen molar-refractivity contribution < 1.29 is 14.3 Å². The van der Waals surface area contributed by atoms with E-state index >= 15 is 0 Å². The monoisotopic (exact) mass is 457 g/mol. The Bertz CT molecular complexity index is 990. The first-order valence-electron chi connectivity index (χ1n) is 10.6. The van der Waals surface area contributed by atoms with Gasteiger partial charge in [0, 0.05) is 31.1 Å². The van der Waals surface area contributed by atoms with Gasteiger partial charge in [-0.2, -0.15) is 0 Å². The van der Waals surface area contributed by atoms with Crippen molar-refractivity contribution in [2.45, 2.75) is 11.8 Å². The molecular formula is C23H27N3O3S2. The van der Waals surface area contributed by atoms with Crippen LogP contribution in [0, 0.1) is 0 Å². The fourth-order valence-corrected chi connectivity index (χ4v) is 5.25. The molecule has 0 aliphatic carbocycles. The predicted octanol–water partition coefficient (Wildman–Crippen LogP) is 4.15. The Morgan fingerprint density at radius 3 is 2.77 bits per heavy atom. The number of fused-ring (bicyclic) bond motifs is 1. The number of benzene rings is 2. The molecule has 2 heterocycles. The van der Waals surface area contributed by atoms with Gasteiger partial charge in [0.15, 0.2) is 5.13 Å². The van der Waals surface area contributed by atoms with E-state index in [-0.39, 0.29) is 5.91 Å². The van der Waals surface area contributed by atoms with E-state index in [2.05, 4.69) is 4.90 Å². The number of anilines is 1. The number of para-hydroxylation sites is 1. The standard InChI is InChI=1S/C23H27N3O3S2/c1-2-29-19-9-6-10-20-22(19)24-23(31-20)26(12-11-25-13-15-28-16-14-25)21(27)17-30-18-7-4-3-5-8-18/h3-10H,2,11-17H2,1H3. The number of morpholine rings is 1. The molecule has 1 fully saturated rings. The lowest BCUT2D eigenvalue weighted by atomic mass is 10.3. The van der Waals surface area contributed by atoms with Crippen LogP contribution in [0.2, 0.25) is 0 Å². The van der Waals surface area contributed by atoms with Crippen molar-refractivity contribution in [1.29, 1.82) is 0 Å². The second-order valence-corrected chi connectivity index (χ2v) is 9.19. The number of thioether (sulfide) groups is 1. The molecular weight excluding hydrogens is 430 g/mol. The maximum Gasteiger partial charge on any atom is 0.239 e. The van der Waals surface area contributed by atoms with Crippen molar-refractivity contribution in [2.75, 3.05) is 56.7 Å². The Morgan fingerprint density at radius 1 is 1.19 bits per heavy atom. The first-order chi connectivity index (χ1) is 15.2. The van der Waals surface area contributed by atoms with Crippen LogP contribution in [-0.4, -0.2) is 67.5 Å². The molecule has 0 atom stereocenters. The summed E-state index contributed by atoms with van der Waals surface area (Å²) in [7, 11) is 0. The third kappa shape index (κ3) is 5.77. The van der Waals surface area contributed by atoms with E-state index in [0.717, 1.165) is 58.8 Å². The molecule has 1 amide bonds. The van der Waals surface area contributed by atoms with E-state index in [1.165, 1.54) is 0 Å². The van der Waals surface area contributed by atoms with Crippen LogP contribution in [0.25, 0.3) is 10.2 Å². The summed E-state index contributed by atoms with van der Waals surface area (Å²) in [4.78, 5) is 23.4. The molecule has 0 spiro atoms. The topological polar surface area (TPSA) is 54.9 Å². The van der Waals surface area contributed by atoms with Gasteiger partial charge >= 0.3 is 0 Å². The van der Waals surface area contributed by atoms with Crippen molar-refractivity contribution in [2.24, 2.45) is 0 Å². The molecule has 0 saturated carbocycles. The van der Waals surface area contributed by atoms with Crippen molar-refractivity contribution >= 4 is 44.4 Å². The minimum Gasteiger partial charge on any atom is -0.492 e. The fourth-order valence-electron chi connectivity index (χ4n) is 3.43. The highest BCUT2D eigenvalue weighted by Crippen LogP contribution is 2.34. The first-order valence-corrected chi connectivity index (χ1v) is 12.4. The molecule has 1 saturated heterocycles. The number of rotatable bonds is 9. The second-order valence-electron chi connectivity index (χ2n) is 7.13. The van der Waals surface area contributed by atoms with E-state index in [9.17, 15) is 4.79 Å². The van der Waals surface area contributed by atoms with Gasteiger partial charge in [-0.15, -0.1) is 11.8 Å². The minimum absolute atomic E-state index is 0.0686. The van der Waals surface area contributed by atoms with Crippen molar-refractivity contribution in [3.8, 4) is 5.75 Å². The second kappa shape index (κ2) is 10.9. The molecule has 0 bridgehead atoms.